The summed E-state index contributed by atoms with van der Waals surface area (Å²) in [5.41, 5.74) is 4.01. The number of anilines is 1. The van der Waals surface area contributed by atoms with Gasteiger partial charge in [-0.2, -0.15) is 0 Å². The molecule has 0 spiro atoms. The van der Waals surface area contributed by atoms with Crippen molar-refractivity contribution < 1.29 is 14.3 Å². The molecule has 1 N–H and O–H groups in total. The van der Waals surface area contributed by atoms with E-state index in [0.29, 0.717) is 13.1 Å². The molecule has 0 aromatic heterocycles. The van der Waals surface area contributed by atoms with Gasteiger partial charge in [0.2, 0.25) is 0 Å². The van der Waals surface area contributed by atoms with E-state index in [1.807, 2.05) is 31.2 Å². The Morgan fingerprint density at radius 2 is 2.00 bits per heavy atom. The maximum Gasteiger partial charge on any atom is 0.426 e. The predicted molar refractivity (Wildman–Crippen MR) is 89.3 cm³/mol. The fourth-order valence-corrected chi connectivity index (χ4v) is 2.52. The third-order valence-corrected chi connectivity index (χ3v) is 3.42. The molecule has 6 nitrogen and oxygen atoms in total. The van der Waals surface area contributed by atoms with E-state index in [4.69, 9.17) is 4.74 Å². The summed E-state index contributed by atoms with van der Waals surface area (Å²) in [5.74, 6) is 0. The van der Waals surface area contributed by atoms with Crippen LogP contribution in [0.1, 0.15) is 39.7 Å². The number of fused-ring (bicyclic) bond motifs is 1. The zero-order valence-corrected chi connectivity index (χ0v) is 14.3. The smallest absolute Gasteiger partial charge is 0.426 e. The molecule has 0 radical (unpaired) electrons. The minimum atomic E-state index is -0.619. The highest BCUT2D eigenvalue weighted by Crippen LogP contribution is 2.28. The average Bonchev–Trinajstić information content (AvgIpc) is 2.88. The molecule has 1 aromatic rings. The molecule has 2 rings (SSSR count). The van der Waals surface area contributed by atoms with E-state index in [1.54, 1.807) is 25.7 Å². The summed E-state index contributed by atoms with van der Waals surface area (Å²) in [6.07, 6.45) is 0.942. The van der Waals surface area contributed by atoms with Gasteiger partial charge in [-0.1, -0.05) is 25.1 Å². The van der Waals surface area contributed by atoms with E-state index in [1.165, 1.54) is 5.01 Å². The Hall–Kier alpha value is -2.24. The van der Waals surface area contributed by atoms with Gasteiger partial charge in [0.05, 0.1) is 0 Å². The number of nitrogens with one attached hydrogen (secondary N) is 1. The van der Waals surface area contributed by atoms with Crippen molar-refractivity contribution in [2.45, 2.75) is 46.1 Å². The number of urea groups is 1. The molecule has 3 amide bonds. The van der Waals surface area contributed by atoms with Crippen molar-refractivity contribution in [1.29, 1.82) is 0 Å². The van der Waals surface area contributed by atoms with Gasteiger partial charge >= 0.3 is 12.1 Å². The predicted octanol–water partition coefficient (Wildman–Crippen LogP) is 3.32. The lowest BCUT2D eigenvalue weighted by Crippen LogP contribution is -2.53. The van der Waals surface area contributed by atoms with Crippen LogP contribution < -0.4 is 10.3 Å². The molecule has 1 heterocycles. The standard InChI is InChI=1S/C17H25N3O3/c1-5-11-20(18-15(21)23-17(2,3)4)16(22)19-12-10-13-8-6-7-9-14(13)19/h6-9H,5,10-12H2,1-4H3,(H,18,21). The van der Waals surface area contributed by atoms with Crippen LogP contribution >= 0.6 is 0 Å². The number of rotatable bonds is 2. The number of carbonyl (C=O) groups is 2. The van der Waals surface area contributed by atoms with Crippen LogP contribution in [0.4, 0.5) is 15.3 Å². The number of carbonyl (C=O) groups excluding carboxylic acids is 2. The fourth-order valence-electron chi connectivity index (χ4n) is 2.52. The number of para-hydroxylation sites is 1. The molecule has 6 heteroatoms. The first-order valence-electron chi connectivity index (χ1n) is 7.98. The van der Waals surface area contributed by atoms with Gasteiger partial charge in [0.15, 0.2) is 0 Å². The van der Waals surface area contributed by atoms with E-state index < -0.39 is 11.7 Å². The summed E-state index contributed by atoms with van der Waals surface area (Å²) in [5, 5.41) is 1.33. The van der Waals surface area contributed by atoms with Crippen LogP contribution in [0.5, 0.6) is 0 Å². The minimum absolute atomic E-state index is 0.234. The van der Waals surface area contributed by atoms with Crippen molar-refractivity contribution in [3.63, 3.8) is 0 Å². The number of benzene rings is 1. The highest BCUT2D eigenvalue weighted by atomic mass is 16.6. The first-order chi connectivity index (χ1) is 10.8. The second-order valence-electron chi connectivity index (χ2n) is 6.58. The Morgan fingerprint density at radius 1 is 1.30 bits per heavy atom. The lowest BCUT2D eigenvalue weighted by molar-refractivity contribution is 0.0383. The maximum atomic E-state index is 12.8. The van der Waals surface area contributed by atoms with E-state index in [2.05, 4.69) is 5.43 Å². The zero-order valence-electron chi connectivity index (χ0n) is 14.3. The Bertz CT molecular complexity index is 581. The topological polar surface area (TPSA) is 61.9 Å². The summed E-state index contributed by atoms with van der Waals surface area (Å²) in [6.45, 7) is 8.36. The van der Waals surface area contributed by atoms with Crippen LogP contribution in [0, 0.1) is 0 Å². The highest BCUT2D eigenvalue weighted by Gasteiger charge is 2.29. The van der Waals surface area contributed by atoms with E-state index >= 15 is 0 Å². The van der Waals surface area contributed by atoms with Crippen molar-refractivity contribution in [3.8, 4) is 0 Å². The number of hydrazine groups is 1. The number of amides is 3. The summed E-state index contributed by atoms with van der Waals surface area (Å²) in [6, 6.07) is 7.60. The van der Waals surface area contributed by atoms with Crippen LogP contribution in [0.3, 0.4) is 0 Å². The number of nitrogens with zero attached hydrogens (tertiary/aromatic N) is 2. The SMILES string of the molecule is CCCN(NC(=O)OC(C)(C)C)C(=O)N1CCc2ccccc21. The molecule has 0 fully saturated rings. The number of ether oxygens (including phenoxy) is 1. The lowest BCUT2D eigenvalue weighted by atomic mass is 10.2. The Kier molecular flexibility index (Phi) is 5.13. The largest absolute Gasteiger partial charge is 0.443 e. The third kappa shape index (κ3) is 4.37. The van der Waals surface area contributed by atoms with Gasteiger partial charge in [-0.05, 0) is 45.2 Å². The van der Waals surface area contributed by atoms with E-state index in [-0.39, 0.29) is 6.03 Å². The molecular weight excluding hydrogens is 294 g/mol. The monoisotopic (exact) mass is 319 g/mol. The first kappa shape index (κ1) is 17.1. The normalized spacial score (nSPS) is 13.5. The van der Waals surface area contributed by atoms with Crippen molar-refractivity contribution in [2.75, 3.05) is 18.0 Å². The molecule has 126 valence electrons. The molecule has 1 aliphatic rings. The van der Waals surface area contributed by atoms with Gasteiger partial charge in [0.25, 0.3) is 0 Å². The first-order valence-corrected chi connectivity index (χ1v) is 7.98. The molecule has 1 aliphatic heterocycles. The Balaban J connectivity index is 2.09. The quantitative estimate of drug-likeness (QED) is 0.851. The molecule has 0 bridgehead atoms. The molecule has 1 aromatic carbocycles. The van der Waals surface area contributed by atoms with Crippen LogP contribution in [0.25, 0.3) is 0 Å². The lowest BCUT2D eigenvalue weighted by Gasteiger charge is -2.29. The van der Waals surface area contributed by atoms with E-state index in [9.17, 15) is 9.59 Å². The number of hydrogen-bond donors (Lipinski definition) is 1. The van der Waals surface area contributed by atoms with Crippen molar-refractivity contribution in [1.82, 2.24) is 10.4 Å². The summed E-state index contributed by atoms with van der Waals surface area (Å²) >= 11 is 0. The highest BCUT2D eigenvalue weighted by molar-refractivity contribution is 5.94. The second-order valence-corrected chi connectivity index (χ2v) is 6.58. The maximum absolute atomic E-state index is 12.8. The van der Waals surface area contributed by atoms with Gasteiger partial charge < -0.3 is 4.74 Å². The van der Waals surface area contributed by atoms with Crippen LogP contribution in [0.2, 0.25) is 0 Å². The Labute approximate surface area is 137 Å². The molecule has 0 saturated carbocycles. The van der Waals surface area contributed by atoms with Gasteiger partial charge in [0.1, 0.15) is 5.60 Å². The molecule has 0 unspecified atom stereocenters. The van der Waals surface area contributed by atoms with E-state index in [0.717, 1.165) is 24.1 Å². The van der Waals surface area contributed by atoms with Gasteiger partial charge in [-0.15, -0.1) is 0 Å². The Morgan fingerprint density at radius 3 is 2.65 bits per heavy atom. The molecule has 0 aliphatic carbocycles. The second kappa shape index (κ2) is 6.89. The van der Waals surface area contributed by atoms with Gasteiger partial charge in [-0.3, -0.25) is 4.90 Å². The average molecular weight is 319 g/mol. The molecule has 0 atom stereocenters. The third-order valence-electron chi connectivity index (χ3n) is 3.42. The minimum Gasteiger partial charge on any atom is -0.443 e. The van der Waals surface area contributed by atoms with Crippen LogP contribution in [-0.2, 0) is 11.2 Å². The zero-order chi connectivity index (χ0) is 17.0. The van der Waals surface area contributed by atoms with Crippen molar-refractivity contribution >= 4 is 17.8 Å². The van der Waals surface area contributed by atoms with Crippen molar-refractivity contribution in [3.05, 3.63) is 29.8 Å². The summed E-state index contributed by atoms with van der Waals surface area (Å²) in [4.78, 5) is 26.4. The van der Waals surface area contributed by atoms with Crippen LogP contribution in [0.15, 0.2) is 24.3 Å². The summed E-state index contributed by atoms with van der Waals surface area (Å²) in [7, 11) is 0. The molecular formula is C17H25N3O3. The molecule has 23 heavy (non-hydrogen) atoms. The van der Waals surface area contributed by atoms with Crippen molar-refractivity contribution in [2.24, 2.45) is 0 Å². The summed E-state index contributed by atoms with van der Waals surface area (Å²) < 4.78 is 5.23. The molecule has 0 saturated heterocycles. The van der Waals surface area contributed by atoms with Gasteiger partial charge in [0, 0.05) is 18.8 Å². The van der Waals surface area contributed by atoms with Gasteiger partial charge in [-0.25, -0.2) is 20.0 Å². The van der Waals surface area contributed by atoms with Crippen LogP contribution in [-0.4, -0.2) is 35.8 Å². The number of hydrogen-bond acceptors (Lipinski definition) is 3. The fraction of sp³-hybridized carbons (Fsp3) is 0.529.